The predicted octanol–water partition coefficient (Wildman–Crippen LogP) is 4.68. The first-order valence-corrected chi connectivity index (χ1v) is 7.70. The Labute approximate surface area is 140 Å². The van der Waals surface area contributed by atoms with E-state index in [0.29, 0.717) is 0 Å². The lowest BCUT2D eigenvalue weighted by molar-refractivity contribution is -0.384. The molecular weight excluding hydrogens is 302 g/mol. The van der Waals surface area contributed by atoms with Gasteiger partial charge in [0.2, 0.25) is 0 Å². The Balaban J connectivity index is 1.95. The lowest BCUT2D eigenvalue weighted by Crippen LogP contribution is -2.05. The average Bonchev–Trinajstić information content (AvgIpc) is 2.62. The van der Waals surface area contributed by atoms with E-state index >= 15 is 0 Å². The second kappa shape index (κ2) is 6.96. The average molecular weight is 319 g/mol. The number of hydrogen-bond donors (Lipinski definition) is 1. The van der Waals surface area contributed by atoms with Gasteiger partial charge in [-0.1, -0.05) is 54.6 Å². The van der Waals surface area contributed by atoms with Crippen molar-refractivity contribution >= 4 is 5.69 Å². The molecule has 1 atom stereocenters. The number of benzene rings is 3. The molecule has 0 saturated heterocycles. The summed E-state index contributed by atoms with van der Waals surface area (Å²) < 4.78 is 0. The van der Waals surface area contributed by atoms with Crippen molar-refractivity contribution in [1.29, 1.82) is 0 Å². The molecular formula is C20H17NO3. The van der Waals surface area contributed by atoms with Gasteiger partial charge in [0.05, 0.1) is 4.92 Å². The van der Waals surface area contributed by atoms with E-state index in [4.69, 9.17) is 0 Å². The largest absolute Gasteiger partial charge is 0.508 e. The van der Waals surface area contributed by atoms with Crippen molar-refractivity contribution in [1.82, 2.24) is 0 Å². The van der Waals surface area contributed by atoms with E-state index in [1.807, 2.05) is 42.5 Å². The van der Waals surface area contributed by atoms with Crippen LogP contribution in [0.25, 0.3) is 0 Å². The van der Waals surface area contributed by atoms with Crippen molar-refractivity contribution in [3.63, 3.8) is 0 Å². The zero-order valence-electron chi connectivity index (χ0n) is 13.0. The number of rotatable bonds is 5. The normalized spacial score (nSPS) is 11.8. The topological polar surface area (TPSA) is 63.4 Å². The molecule has 24 heavy (non-hydrogen) atoms. The van der Waals surface area contributed by atoms with Crippen LogP contribution >= 0.6 is 0 Å². The van der Waals surface area contributed by atoms with Gasteiger partial charge in [-0.25, -0.2) is 0 Å². The standard InChI is InChI=1S/C20H17NO3/c22-19-12-6-15(7-13-19)14-20(16-4-2-1-3-5-16)17-8-10-18(11-9-17)21(23)24/h1-13,20,22H,14H2. The SMILES string of the molecule is O=[N+]([O-])c1ccc(C(Cc2ccc(O)cc2)c2ccccc2)cc1. The molecule has 0 saturated carbocycles. The molecule has 0 amide bonds. The molecule has 0 aliphatic heterocycles. The molecule has 3 aromatic carbocycles. The maximum atomic E-state index is 10.9. The quantitative estimate of drug-likeness (QED) is 0.549. The van der Waals surface area contributed by atoms with Crippen LogP contribution in [0.2, 0.25) is 0 Å². The smallest absolute Gasteiger partial charge is 0.269 e. The minimum atomic E-state index is -0.388. The Hall–Kier alpha value is -3.14. The van der Waals surface area contributed by atoms with Gasteiger partial charge >= 0.3 is 0 Å². The van der Waals surface area contributed by atoms with E-state index < -0.39 is 0 Å². The maximum absolute atomic E-state index is 10.9. The van der Waals surface area contributed by atoms with Gasteiger partial charge in [-0.15, -0.1) is 0 Å². The molecule has 1 N–H and O–H groups in total. The van der Waals surface area contributed by atoms with Gasteiger partial charge in [-0.2, -0.15) is 0 Å². The van der Waals surface area contributed by atoms with Crippen LogP contribution < -0.4 is 0 Å². The lowest BCUT2D eigenvalue weighted by Gasteiger charge is -2.18. The summed E-state index contributed by atoms with van der Waals surface area (Å²) in [6.45, 7) is 0. The molecule has 0 radical (unpaired) electrons. The van der Waals surface area contributed by atoms with Crippen molar-refractivity contribution in [2.24, 2.45) is 0 Å². The van der Waals surface area contributed by atoms with Crippen LogP contribution in [-0.2, 0) is 6.42 Å². The van der Waals surface area contributed by atoms with Crippen LogP contribution in [0.15, 0.2) is 78.9 Å². The molecule has 3 aromatic rings. The highest BCUT2D eigenvalue weighted by Gasteiger charge is 2.16. The summed E-state index contributed by atoms with van der Waals surface area (Å²) in [6, 6.07) is 23.9. The Bertz CT molecular complexity index is 812. The van der Waals surface area contributed by atoms with Crippen molar-refractivity contribution in [3.05, 3.63) is 106 Å². The molecule has 0 bridgehead atoms. The summed E-state index contributed by atoms with van der Waals surface area (Å²) in [5, 5.41) is 20.3. The fourth-order valence-electron chi connectivity index (χ4n) is 2.81. The predicted molar refractivity (Wildman–Crippen MR) is 93.2 cm³/mol. The molecule has 0 aliphatic rings. The first kappa shape index (κ1) is 15.7. The Kier molecular flexibility index (Phi) is 4.57. The minimum Gasteiger partial charge on any atom is -0.508 e. The molecule has 1 unspecified atom stereocenters. The highest BCUT2D eigenvalue weighted by atomic mass is 16.6. The summed E-state index contributed by atoms with van der Waals surface area (Å²) in [7, 11) is 0. The summed E-state index contributed by atoms with van der Waals surface area (Å²) in [5.74, 6) is 0.335. The molecule has 4 heteroatoms. The van der Waals surface area contributed by atoms with Gasteiger partial charge in [0, 0.05) is 18.1 Å². The number of phenolic OH excluding ortho intramolecular Hbond substituents is 1. The van der Waals surface area contributed by atoms with Gasteiger partial charge in [0.25, 0.3) is 5.69 Å². The number of aromatic hydroxyl groups is 1. The third kappa shape index (κ3) is 3.60. The number of nitro benzene ring substituents is 1. The third-order valence-electron chi connectivity index (χ3n) is 4.08. The highest BCUT2D eigenvalue weighted by molar-refractivity contribution is 5.40. The molecule has 0 aromatic heterocycles. The van der Waals surface area contributed by atoms with Crippen LogP contribution in [-0.4, -0.2) is 10.0 Å². The number of nitrogens with zero attached hydrogens (tertiary/aromatic N) is 1. The van der Waals surface area contributed by atoms with Gasteiger partial charge in [0.1, 0.15) is 5.75 Å². The highest BCUT2D eigenvalue weighted by Crippen LogP contribution is 2.30. The number of phenols is 1. The molecule has 0 heterocycles. The van der Waals surface area contributed by atoms with E-state index in [1.165, 1.54) is 0 Å². The van der Waals surface area contributed by atoms with Crippen molar-refractivity contribution in [3.8, 4) is 5.75 Å². The fourth-order valence-corrected chi connectivity index (χ4v) is 2.81. The van der Waals surface area contributed by atoms with Crippen LogP contribution in [0.4, 0.5) is 5.69 Å². The lowest BCUT2D eigenvalue weighted by atomic mass is 9.86. The van der Waals surface area contributed by atoms with Crippen molar-refractivity contribution < 1.29 is 10.0 Å². The Morgan fingerprint density at radius 3 is 2.00 bits per heavy atom. The van der Waals surface area contributed by atoms with Gasteiger partial charge in [-0.3, -0.25) is 10.1 Å². The number of hydrogen-bond acceptors (Lipinski definition) is 3. The van der Waals surface area contributed by atoms with Gasteiger partial charge < -0.3 is 5.11 Å². The van der Waals surface area contributed by atoms with Crippen LogP contribution in [0.3, 0.4) is 0 Å². The summed E-state index contributed by atoms with van der Waals surface area (Å²) >= 11 is 0. The third-order valence-corrected chi connectivity index (χ3v) is 4.08. The molecule has 0 fully saturated rings. The van der Waals surface area contributed by atoms with E-state index in [2.05, 4.69) is 12.1 Å². The van der Waals surface area contributed by atoms with E-state index in [0.717, 1.165) is 23.1 Å². The molecule has 4 nitrogen and oxygen atoms in total. The monoisotopic (exact) mass is 319 g/mol. The number of nitro groups is 1. The zero-order chi connectivity index (χ0) is 16.9. The Morgan fingerprint density at radius 2 is 1.42 bits per heavy atom. The van der Waals surface area contributed by atoms with E-state index in [-0.39, 0.29) is 22.3 Å². The summed E-state index contributed by atoms with van der Waals surface area (Å²) in [6.07, 6.45) is 0.752. The fraction of sp³-hybridized carbons (Fsp3) is 0.100. The summed E-state index contributed by atoms with van der Waals surface area (Å²) in [4.78, 5) is 10.5. The maximum Gasteiger partial charge on any atom is 0.269 e. The summed E-state index contributed by atoms with van der Waals surface area (Å²) in [5.41, 5.74) is 3.37. The van der Waals surface area contributed by atoms with Gasteiger partial charge in [-0.05, 0) is 35.2 Å². The second-order valence-corrected chi connectivity index (χ2v) is 5.68. The first-order chi connectivity index (χ1) is 11.6. The van der Waals surface area contributed by atoms with E-state index in [9.17, 15) is 15.2 Å². The molecule has 0 aliphatic carbocycles. The zero-order valence-corrected chi connectivity index (χ0v) is 13.0. The molecule has 120 valence electrons. The number of non-ortho nitro benzene ring substituents is 1. The van der Waals surface area contributed by atoms with Crippen LogP contribution in [0, 0.1) is 10.1 Å². The van der Waals surface area contributed by atoms with E-state index in [1.54, 1.807) is 24.3 Å². The van der Waals surface area contributed by atoms with Crippen LogP contribution in [0.1, 0.15) is 22.6 Å². The second-order valence-electron chi connectivity index (χ2n) is 5.68. The van der Waals surface area contributed by atoms with Crippen molar-refractivity contribution in [2.75, 3.05) is 0 Å². The molecule has 3 rings (SSSR count). The Morgan fingerprint density at radius 1 is 0.833 bits per heavy atom. The van der Waals surface area contributed by atoms with Crippen LogP contribution in [0.5, 0.6) is 5.75 Å². The minimum absolute atomic E-state index is 0.0928. The van der Waals surface area contributed by atoms with Crippen molar-refractivity contribution in [2.45, 2.75) is 12.3 Å². The first-order valence-electron chi connectivity index (χ1n) is 7.70. The van der Waals surface area contributed by atoms with Gasteiger partial charge in [0.15, 0.2) is 0 Å². The molecule has 0 spiro atoms.